The topological polar surface area (TPSA) is 87.7 Å². The number of carbonyl (C=O) groups excluding carboxylic acids is 1. The van der Waals surface area contributed by atoms with E-state index in [1.807, 2.05) is 13.8 Å². The van der Waals surface area contributed by atoms with Crippen molar-refractivity contribution in [3.8, 4) is 5.75 Å². The third-order valence-corrected chi connectivity index (χ3v) is 3.01. The fourth-order valence-electron chi connectivity index (χ4n) is 1.52. The van der Waals surface area contributed by atoms with Gasteiger partial charge in [-0.15, -0.1) is 0 Å². The van der Waals surface area contributed by atoms with Crippen molar-refractivity contribution in [2.24, 2.45) is 5.92 Å². The average molecular weight is 280 g/mol. The number of carboxylic acid groups (broad SMARTS) is 1. The van der Waals surface area contributed by atoms with Gasteiger partial charge in [0.1, 0.15) is 5.75 Å². The fourth-order valence-corrected chi connectivity index (χ4v) is 1.52. The van der Waals surface area contributed by atoms with Crippen LogP contribution in [-0.2, 0) is 0 Å². The molecule has 0 radical (unpaired) electrons. The number of rotatable bonds is 6. The highest BCUT2D eigenvalue weighted by molar-refractivity contribution is 6.00. The molecule has 0 saturated carbocycles. The molecule has 0 spiro atoms. The number of amides is 2. The summed E-state index contributed by atoms with van der Waals surface area (Å²) in [6, 6.07) is 3.98. The zero-order valence-corrected chi connectivity index (χ0v) is 11.9. The van der Waals surface area contributed by atoms with Gasteiger partial charge in [-0.25, -0.2) is 9.59 Å². The minimum atomic E-state index is -1.11. The summed E-state index contributed by atoms with van der Waals surface area (Å²) in [7, 11) is 1.47. The zero-order valence-electron chi connectivity index (χ0n) is 11.9. The minimum Gasteiger partial charge on any atom is -0.497 e. The van der Waals surface area contributed by atoms with E-state index >= 15 is 0 Å². The van der Waals surface area contributed by atoms with Gasteiger partial charge in [-0.2, -0.15) is 0 Å². The van der Waals surface area contributed by atoms with Gasteiger partial charge in [-0.05, 0) is 18.1 Å². The van der Waals surface area contributed by atoms with Gasteiger partial charge in [-0.1, -0.05) is 20.3 Å². The van der Waals surface area contributed by atoms with Crippen molar-refractivity contribution in [2.45, 2.75) is 20.3 Å². The second-order valence-corrected chi connectivity index (χ2v) is 4.57. The first kappa shape index (κ1) is 15.8. The summed E-state index contributed by atoms with van der Waals surface area (Å²) >= 11 is 0. The van der Waals surface area contributed by atoms with E-state index in [2.05, 4.69) is 10.6 Å². The van der Waals surface area contributed by atoms with E-state index in [0.29, 0.717) is 18.2 Å². The van der Waals surface area contributed by atoms with Crippen LogP contribution in [0.15, 0.2) is 18.2 Å². The molecule has 0 aliphatic carbocycles. The molecule has 0 aliphatic rings. The van der Waals surface area contributed by atoms with E-state index in [0.717, 1.165) is 6.42 Å². The summed E-state index contributed by atoms with van der Waals surface area (Å²) in [4.78, 5) is 22.9. The van der Waals surface area contributed by atoms with E-state index < -0.39 is 12.0 Å². The molecule has 0 saturated heterocycles. The normalized spacial score (nSPS) is 11.6. The maximum absolute atomic E-state index is 11.8. The Morgan fingerprint density at radius 1 is 1.40 bits per heavy atom. The lowest BCUT2D eigenvalue weighted by Gasteiger charge is -2.13. The summed E-state index contributed by atoms with van der Waals surface area (Å²) in [5.41, 5.74) is 0.225. The highest BCUT2D eigenvalue weighted by Gasteiger charge is 2.13. The standard InChI is InChI=1S/C14H20N2O4/c1-4-9(2)8-15-14(19)16-12-7-10(20-3)5-6-11(12)13(17)18/h5-7,9H,4,8H2,1-3H3,(H,17,18)(H2,15,16,19). The lowest BCUT2D eigenvalue weighted by atomic mass is 10.1. The van der Waals surface area contributed by atoms with Gasteiger partial charge in [0.15, 0.2) is 0 Å². The number of urea groups is 1. The molecule has 2 amide bonds. The number of aromatic carboxylic acids is 1. The molecule has 1 rings (SSSR count). The van der Waals surface area contributed by atoms with Crippen LogP contribution in [0.4, 0.5) is 10.5 Å². The Morgan fingerprint density at radius 3 is 2.65 bits per heavy atom. The van der Waals surface area contributed by atoms with Gasteiger partial charge in [0.05, 0.1) is 18.4 Å². The third kappa shape index (κ3) is 4.46. The Kier molecular flexibility index (Phi) is 5.83. The Labute approximate surface area is 118 Å². The van der Waals surface area contributed by atoms with Gasteiger partial charge < -0.3 is 20.5 Å². The van der Waals surface area contributed by atoms with Crippen molar-refractivity contribution in [3.63, 3.8) is 0 Å². The number of anilines is 1. The number of hydrogen-bond acceptors (Lipinski definition) is 3. The fraction of sp³-hybridized carbons (Fsp3) is 0.429. The maximum Gasteiger partial charge on any atom is 0.337 e. The van der Waals surface area contributed by atoms with Crippen molar-refractivity contribution in [1.82, 2.24) is 5.32 Å². The second-order valence-electron chi connectivity index (χ2n) is 4.57. The predicted molar refractivity (Wildman–Crippen MR) is 76.4 cm³/mol. The molecule has 0 fully saturated rings. The molecule has 6 nitrogen and oxygen atoms in total. The Hall–Kier alpha value is -2.24. The molecule has 1 atom stereocenters. The SMILES string of the molecule is CCC(C)CNC(=O)Nc1cc(OC)ccc1C(=O)O. The first-order valence-corrected chi connectivity index (χ1v) is 6.44. The number of benzene rings is 1. The summed E-state index contributed by atoms with van der Waals surface area (Å²) < 4.78 is 5.02. The van der Waals surface area contributed by atoms with Crippen LogP contribution in [0.25, 0.3) is 0 Å². The highest BCUT2D eigenvalue weighted by atomic mass is 16.5. The number of nitrogens with one attached hydrogen (secondary N) is 2. The lowest BCUT2D eigenvalue weighted by Crippen LogP contribution is -2.32. The number of carboxylic acids is 1. The Bertz CT molecular complexity index is 488. The predicted octanol–water partition coefficient (Wildman–Crippen LogP) is 2.56. The highest BCUT2D eigenvalue weighted by Crippen LogP contribution is 2.22. The Balaban J connectivity index is 2.79. The largest absolute Gasteiger partial charge is 0.497 e. The molecule has 0 aromatic heterocycles. The molecule has 0 aliphatic heterocycles. The van der Waals surface area contributed by atoms with Crippen molar-refractivity contribution in [3.05, 3.63) is 23.8 Å². The van der Waals surface area contributed by atoms with Crippen LogP contribution < -0.4 is 15.4 Å². The quantitative estimate of drug-likeness (QED) is 0.747. The van der Waals surface area contributed by atoms with Crippen LogP contribution in [0.1, 0.15) is 30.6 Å². The molecule has 0 bridgehead atoms. The van der Waals surface area contributed by atoms with Crippen molar-refractivity contribution in [2.75, 3.05) is 19.0 Å². The van der Waals surface area contributed by atoms with Crippen LogP contribution in [0.3, 0.4) is 0 Å². The molecule has 1 aromatic carbocycles. The average Bonchev–Trinajstić information content (AvgIpc) is 2.44. The summed E-state index contributed by atoms with van der Waals surface area (Å²) in [5.74, 6) is -0.262. The monoisotopic (exact) mass is 280 g/mol. The molecule has 1 aromatic rings. The van der Waals surface area contributed by atoms with E-state index in [-0.39, 0.29) is 11.3 Å². The number of hydrogen-bond donors (Lipinski definition) is 3. The molecule has 1 unspecified atom stereocenters. The first-order valence-electron chi connectivity index (χ1n) is 6.44. The van der Waals surface area contributed by atoms with E-state index in [1.165, 1.54) is 25.3 Å². The molecule has 6 heteroatoms. The van der Waals surface area contributed by atoms with Crippen molar-refractivity contribution >= 4 is 17.7 Å². The van der Waals surface area contributed by atoms with Crippen LogP contribution in [0.5, 0.6) is 5.75 Å². The maximum atomic E-state index is 11.8. The van der Waals surface area contributed by atoms with Gasteiger partial charge in [-0.3, -0.25) is 0 Å². The number of ether oxygens (including phenoxy) is 1. The van der Waals surface area contributed by atoms with Gasteiger partial charge in [0, 0.05) is 12.6 Å². The lowest BCUT2D eigenvalue weighted by molar-refractivity contribution is 0.0698. The molecular formula is C14H20N2O4. The van der Waals surface area contributed by atoms with Gasteiger partial charge in [0.2, 0.25) is 0 Å². The smallest absolute Gasteiger partial charge is 0.337 e. The van der Waals surface area contributed by atoms with Crippen LogP contribution in [0.2, 0.25) is 0 Å². The van der Waals surface area contributed by atoms with E-state index in [1.54, 1.807) is 0 Å². The third-order valence-electron chi connectivity index (χ3n) is 3.01. The molecule has 20 heavy (non-hydrogen) atoms. The van der Waals surface area contributed by atoms with Gasteiger partial charge >= 0.3 is 12.0 Å². The molecule has 110 valence electrons. The summed E-state index contributed by atoms with van der Waals surface area (Å²) in [5, 5.41) is 14.3. The van der Waals surface area contributed by atoms with Crippen LogP contribution in [-0.4, -0.2) is 30.8 Å². The first-order chi connectivity index (χ1) is 9.47. The van der Waals surface area contributed by atoms with Crippen LogP contribution in [0, 0.1) is 5.92 Å². The zero-order chi connectivity index (χ0) is 15.1. The van der Waals surface area contributed by atoms with Crippen molar-refractivity contribution in [1.29, 1.82) is 0 Å². The molecule has 3 N–H and O–H groups in total. The van der Waals surface area contributed by atoms with E-state index in [9.17, 15) is 9.59 Å². The summed E-state index contributed by atoms with van der Waals surface area (Å²) in [6.45, 7) is 4.60. The Morgan fingerprint density at radius 2 is 2.10 bits per heavy atom. The van der Waals surface area contributed by atoms with Crippen molar-refractivity contribution < 1.29 is 19.4 Å². The second kappa shape index (κ2) is 7.37. The van der Waals surface area contributed by atoms with Crippen LogP contribution >= 0.6 is 0 Å². The number of methoxy groups -OCH3 is 1. The minimum absolute atomic E-state index is 0.0180. The van der Waals surface area contributed by atoms with E-state index in [4.69, 9.17) is 9.84 Å². The summed E-state index contributed by atoms with van der Waals surface area (Å²) in [6.07, 6.45) is 0.958. The molecule has 0 heterocycles. The number of carbonyl (C=O) groups is 2. The van der Waals surface area contributed by atoms with Gasteiger partial charge in [0.25, 0.3) is 0 Å². The molecular weight excluding hydrogens is 260 g/mol.